The van der Waals surface area contributed by atoms with E-state index in [0.717, 1.165) is 20.4 Å². The summed E-state index contributed by atoms with van der Waals surface area (Å²) in [6.45, 7) is 0. The largest absolute Gasteiger partial charge is 0.235 e. The molecule has 3 aromatic rings. The quantitative estimate of drug-likeness (QED) is 0.304. The molecule has 0 saturated carbocycles. The molecule has 2 nitrogen and oxygen atoms in total. The predicted molar refractivity (Wildman–Crippen MR) is 110 cm³/mol. The van der Waals surface area contributed by atoms with Gasteiger partial charge in [0.1, 0.15) is 11.1 Å². The van der Waals surface area contributed by atoms with E-state index < -0.39 is 0 Å². The Hall–Kier alpha value is -1.39. The van der Waals surface area contributed by atoms with Crippen molar-refractivity contribution in [2.45, 2.75) is 0 Å². The third-order valence-corrected chi connectivity index (χ3v) is 5.59. The lowest BCUT2D eigenvalue weighted by atomic mass is 10.1. The Labute approximate surface area is 167 Å². The number of nitriles is 1. The van der Waals surface area contributed by atoms with Crippen LogP contribution >= 0.6 is 57.1 Å². The number of nitrogens with zero attached hydrogens (tertiary/aromatic N) is 2. The molecule has 24 heavy (non-hydrogen) atoms. The average molecular weight is 483 g/mol. The fourth-order valence-electron chi connectivity index (χ4n) is 2.05. The van der Waals surface area contributed by atoms with Crippen molar-refractivity contribution in [1.82, 2.24) is 4.98 Å². The fourth-order valence-corrected chi connectivity index (χ4v) is 3.51. The van der Waals surface area contributed by atoms with E-state index in [9.17, 15) is 5.26 Å². The van der Waals surface area contributed by atoms with Gasteiger partial charge in [-0.2, -0.15) is 5.26 Å². The summed E-state index contributed by atoms with van der Waals surface area (Å²) in [7, 11) is 0. The second kappa shape index (κ2) is 7.66. The van der Waals surface area contributed by atoms with E-state index in [4.69, 9.17) is 23.2 Å². The zero-order valence-corrected chi connectivity index (χ0v) is 16.6. The van der Waals surface area contributed by atoms with E-state index in [2.05, 4.69) is 33.6 Å². The predicted octanol–water partition coefficient (Wildman–Crippen LogP) is 6.79. The van der Waals surface area contributed by atoms with Crippen LogP contribution in [-0.2, 0) is 0 Å². The van der Waals surface area contributed by atoms with Gasteiger partial charge in [0.05, 0.1) is 21.3 Å². The van der Waals surface area contributed by atoms with E-state index >= 15 is 0 Å². The normalized spacial score (nSPS) is 11.3. The second-order valence-corrected chi connectivity index (χ2v) is 7.81. The highest BCUT2D eigenvalue weighted by Crippen LogP contribution is 2.31. The third-order valence-electron chi connectivity index (χ3n) is 3.25. The Kier molecular flexibility index (Phi) is 5.57. The fraction of sp³-hybridized carbons (Fsp3) is 0. The molecule has 0 aliphatic carbocycles. The van der Waals surface area contributed by atoms with Crippen molar-refractivity contribution in [3.05, 3.63) is 72.0 Å². The number of allylic oxidation sites excluding steroid dienone is 1. The smallest absolute Gasteiger partial charge is 0.134 e. The van der Waals surface area contributed by atoms with Crippen molar-refractivity contribution in [2.75, 3.05) is 0 Å². The van der Waals surface area contributed by atoms with Crippen molar-refractivity contribution >= 4 is 68.8 Å². The van der Waals surface area contributed by atoms with Crippen molar-refractivity contribution < 1.29 is 0 Å². The average Bonchev–Trinajstić information content (AvgIpc) is 3.06. The Balaban J connectivity index is 1.94. The molecule has 0 amide bonds. The summed E-state index contributed by atoms with van der Waals surface area (Å²) in [6, 6.07) is 15.6. The van der Waals surface area contributed by atoms with Gasteiger partial charge >= 0.3 is 0 Å². The molecule has 0 atom stereocenters. The molecule has 0 aliphatic rings. The monoisotopic (exact) mass is 482 g/mol. The van der Waals surface area contributed by atoms with Crippen molar-refractivity contribution in [3.63, 3.8) is 0 Å². The van der Waals surface area contributed by atoms with Crippen LogP contribution in [0, 0.1) is 14.9 Å². The Morgan fingerprint density at radius 2 is 1.88 bits per heavy atom. The van der Waals surface area contributed by atoms with Crippen LogP contribution in [0.1, 0.15) is 10.6 Å². The van der Waals surface area contributed by atoms with Gasteiger partial charge < -0.3 is 0 Å². The zero-order valence-electron chi connectivity index (χ0n) is 12.1. The third kappa shape index (κ3) is 3.98. The van der Waals surface area contributed by atoms with Gasteiger partial charge in [-0.3, -0.25) is 0 Å². The standard InChI is InChI=1S/C18H9Cl2IN2S/c19-15-6-3-12(8-16(15)20)17-10-24-18(23-17)13(9-22)7-11-1-4-14(21)5-2-11/h1-8,10H. The van der Waals surface area contributed by atoms with Crippen LogP contribution in [0.15, 0.2) is 47.8 Å². The minimum atomic E-state index is 0.485. The van der Waals surface area contributed by atoms with Gasteiger partial charge in [-0.15, -0.1) is 11.3 Å². The SMILES string of the molecule is N#CC(=Cc1ccc(I)cc1)c1nc(-c2ccc(Cl)c(Cl)c2)cs1. The molecule has 0 N–H and O–H groups in total. The summed E-state index contributed by atoms with van der Waals surface area (Å²) < 4.78 is 1.15. The summed E-state index contributed by atoms with van der Waals surface area (Å²) in [5, 5.41) is 13.0. The molecule has 0 radical (unpaired) electrons. The first kappa shape index (κ1) is 17.4. The van der Waals surface area contributed by atoms with Crippen LogP contribution in [0.2, 0.25) is 10.0 Å². The lowest BCUT2D eigenvalue weighted by molar-refractivity contribution is 1.37. The molecule has 0 spiro atoms. The molecule has 1 heterocycles. The van der Waals surface area contributed by atoms with Crippen molar-refractivity contribution in [1.29, 1.82) is 5.26 Å². The molecule has 6 heteroatoms. The molecule has 2 aromatic carbocycles. The molecule has 0 fully saturated rings. The molecule has 0 saturated heterocycles. The van der Waals surface area contributed by atoms with Crippen molar-refractivity contribution in [2.24, 2.45) is 0 Å². The van der Waals surface area contributed by atoms with Crippen LogP contribution in [-0.4, -0.2) is 4.98 Å². The maximum Gasteiger partial charge on any atom is 0.134 e. The summed E-state index contributed by atoms with van der Waals surface area (Å²) in [4.78, 5) is 4.56. The van der Waals surface area contributed by atoms with Crippen molar-refractivity contribution in [3.8, 4) is 17.3 Å². The zero-order chi connectivity index (χ0) is 17.1. The van der Waals surface area contributed by atoms with Gasteiger partial charge in [0.2, 0.25) is 0 Å². The topological polar surface area (TPSA) is 36.7 Å². The Morgan fingerprint density at radius 1 is 1.12 bits per heavy atom. The van der Waals surface area contributed by atoms with E-state index in [1.54, 1.807) is 12.1 Å². The summed E-state index contributed by atoms with van der Waals surface area (Å²) in [6.07, 6.45) is 1.84. The molecule has 0 unspecified atom stereocenters. The lowest BCUT2D eigenvalue weighted by Gasteiger charge is -1.99. The highest BCUT2D eigenvalue weighted by molar-refractivity contribution is 14.1. The van der Waals surface area contributed by atoms with Crippen LogP contribution in [0.3, 0.4) is 0 Å². The Bertz CT molecular complexity index is 956. The lowest BCUT2D eigenvalue weighted by Crippen LogP contribution is -1.83. The number of aromatic nitrogens is 1. The molecule has 1 aromatic heterocycles. The highest BCUT2D eigenvalue weighted by atomic mass is 127. The van der Waals surface area contributed by atoms with Gasteiger partial charge in [-0.1, -0.05) is 41.4 Å². The first-order valence-corrected chi connectivity index (χ1v) is 9.57. The maximum absolute atomic E-state index is 9.46. The van der Waals surface area contributed by atoms with Gasteiger partial charge in [-0.25, -0.2) is 4.98 Å². The van der Waals surface area contributed by atoms with E-state index in [-0.39, 0.29) is 0 Å². The van der Waals surface area contributed by atoms with Gasteiger partial charge in [-0.05, 0) is 58.5 Å². The minimum absolute atomic E-state index is 0.485. The summed E-state index contributed by atoms with van der Waals surface area (Å²) in [5.74, 6) is 0. The highest BCUT2D eigenvalue weighted by Gasteiger charge is 2.10. The Morgan fingerprint density at radius 3 is 2.54 bits per heavy atom. The molecule has 0 bridgehead atoms. The van der Waals surface area contributed by atoms with Crippen LogP contribution in [0.25, 0.3) is 22.9 Å². The number of halogens is 3. The summed E-state index contributed by atoms with van der Waals surface area (Å²) in [5.41, 5.74) is 3.15. The number of hydrogen-bond donors (Lipinski definition) is 0. The summed E-state index contributed by atoms with van der Waals surface area (Å²) >= 11 is 15.7. The molecule has 3 rings (SSSR count). The molecular weight excluding hydrogens is 474 g/mol. The van der Waals surface area contributed by atoms with Gasteiger partial charge in [0.25, 0.3) is 0 Å². The maximum atomic E-state index is 9.46. The van der Waals surface area contributed by atoms with Crippen LogP contribution in [0.5, 0.6) is 0 Å². The number of benzene rings is 2. The second-order valence-electron chi connectivity index (χ2n) is 4.89. The number of thiazole rings is 1. The number of hydrogen-bond acceptors (Lipinski definition) is 3. The molecular formula is C18H9Cl2IN2S. The molecule has 118 valence electrons. The first-order valence-electron chi connectivity index (χ1n) is 6.85. The number of rotatable bonds is 3. The van der Waals surface area contributed by atoms with Gasteiger partial charge in [0.15, 0.2) is 0 Å². The first-order chi connectivity index (χ1) is 11.6. The van der Waals surface area contributed by atoms with E-state index in [1.165, 1.54) is 11.3 Å². The minimum Gasteiger partial charge on any atom is -0.235 e. The van der Waals surface area contributed by atoms with Crippen LogP contribution < -0.4 is 0 Å². The molecule has 0 aliphatic heterocycles. The van der Waals surface area contributed by atoms with E-state index in [0.29, 0.717) is 20.6 Å². The van der Waals surface area contributed by atoms with Crippen LogP contribution in [0.4, 0.5) is 0 Å². The van der Waals surface area contributed by atoms with Gasteiger partial charge in [0, 0.05) is 14.5 Å². The van der Waals surface area contributed by atoms with E-state index in [1.807, 2.05) is 41.8 Å².